The van der Waals surface area contributed by atoms with Crippen molar-refractivity contribution in [3.8, 4) is 11.5 Å². The van der Waals surface area contributed by atoms with Crippen LogP contribution in [0.15, 0.2) is 46.4 Å². The monoisotopic (exact) mass is 480 g/mol. The van der Waals surface area contributed by atoms with E-state index in [4.69, 9.17) is 33.3 Å². The van der Waals surface area contributed by atoms with Gasteiger partial charge in [0.15, 0.2) is 16.6 Å². The van der Waals surface area contributed by atoms with Gasteiger partial charge in [-0.15, -0.1) is 0 Å². The molecule has 1 heterocycles. The van der Waals surface area contributed by atoms with Crippen molar-refractivity contribution in [3.05, 3.63) is 57.0 Å². The number of amides is 2. The molecule has 3 rings (SSSR count). The number of rotatable bonds is 4. The molecular formula is C19H14BrClN2O4S. The van der Waals surface area contributed by atoms with E-state index in [9.17, 15) is 9.59 Å². The van der Waals surface area contributed by atoms with E-state index in [1.807, 2.05) is 0 Å². The van der Waals surface area contributed by atoms with Gasteiger partial charge in [0, 0.05) is 5.02 Å². The fourth-order valence-corrected chi connectivity index (χ4v) is 3.70. The van der Waals surface area contributed by atoms with Crippen LogP contribution < -0.4 is 19.7 Å². The molecule has 9 heteroatoms. The number of benzene rings is 2. The number of carbonyl (C=O) groups is 2. The van der Waals surface area contributed by atoms with Gasteiger partial charge in [-0.2, -0.15) is 0 Å². The Morgan fingerprint density at radius 1 is 1.14 bits per heavy atom. The lowest BCUT2D eigenvalue weighted by molar-refractivity contribution is -0.122. The lowest BCUT2D eigenvalue weighted by Gasteiger charge is -2.29. The molecular weight excluding hydrogens is 468 g/mol. The third-order valence-electron chi connectivity index (χ3n) is 3.95. The molecule has 144 valence electrons. The second kappa shape index (κ2) is 8.30. The van der Waals surface area contributed by atoms with Crippen LogP contribution in [0.3, 0.4) is 0 Å². The largest absolute Gasteiger partial charge is 0.493 e. The van der Waals surface area contributed by atoms with Crippen molar-refractivity contribution < 1.29 is 19.1 Å². The van der Waals surface area contributed by atoms with Crippen molar-refractivity contribution in [2.75, 3.05) is 19.1 Å². The maximum Gasteiger partial charge on any atom is 0.270 e. The summed E-state index contributed by atoms with van der Waals surface area (Å²) in [5, 5.41) is 3.06. The number of hydrogen-bond donors (Lipinski definition) is 1. The van der Waals surface area contributed by atoms with Gasteiger partial charge in [-0.1, -0.05) is 11.6 Å². The predicted molar refractivity (Wildman–Crippen MR) is 115 cm³/mol. The Morgan fingerprint density at radius 2 is 1.82 bits per heavy atom. The van der Waals surface area contributed by atoms with Crippen LogP contribution in [0.2, 0.25) is 5.02 Å². The molecule has 0 spiro atoms. The van der Waals surface area contributed by atoms with Crippen LogP contribution in [0, 0.1) is 0 Å². The second-order valence-corrected chi connectivity index (χ2v) is 7.35. The summed E-state index contributed by atoms with van der Waals surface area (Å²) in [4.78, 5) is 26.7. The lowest BCUT2D eigenvalue weighted by atomic mass is 10.1. The van der Waals surface area contributed by atoms with E-state index in [2.05, 4.69) is 21.2 Å². The molecule has 0 atom stereocenters. The highest BCUT2D eigenvalue weighted by Gasteiger charge is 2.34. The van der Waals surface area contributed by atoms with Crippen molar-refractivity contribution in [3.63, 3.8) is 0 Å². The summed E-state index contributed by atoms with van der Waals surface area (Å²) in [7, 11) is 3.02. The van der Waals surface area contributed by atoms with Crippen LogP contribution in [0.1, 0.15) is 5.56 Å². The highest BCUT2D eigenvalue weighted by molar-refractivity contribution is 9.10. The molecule has 2 aromatic carbocycles. The van der Waals surface area contributed by atoms with Gasteiger partial charge in [0.1, 0.15) is 5.57 Å². The number of halogens is 2. The summed E-state index contributed by atoms with van der Waals surface area (Å²) in [5.74, 6) is -0.154. The van der Waals surface area contributed by atoms with E-state index in [-0.39, 0.29) is 10.7 Å². The third-order valence-corrected chi connectivity index (χ3v) is 5.08. The number of methoxy groups -OCH3 is 2. The van der Waals surface area contributed by atoms with Crippen LogP contribution in [0.5, 0.6) is 11.5 Å². The maximum absolute atomic E-state index is 13.0. The first-order valence-corrected chi connectivity index (χ1v) is 9.52. The quantitative estimate of drug-likeness (QED) is 0.407. The molecule has 0 saturated carbocycles. The molecule has 2 amide bonds. The van der Waals surface area contributed by atoms with Crippen molar-refractivity contribution in [1.82, 2.24) is 5.32 Å². The molecule has 2 aromatic rings. The van der Waals surface area contributed by atoms with Crippen molar-refractivity contribution in [1.29, 1.82) is 0 Å². The maximum atomic E-state index is 13.0. The van der Waals surface area contributed by atoms with Gasteiger partial charge in [0.25, 0.3) is 11.8 Å². The fourth-order valence-electron chi connectivity index (χ4n) is 2.67. The Bertz CT molecular complexity index is 1010. The molecule has 0 unspecified atom stereocenters. The molecule has 1 saturated heterocycles. The Balaban J connectivity index is 2.04. The average molecular weight is 482 g/mol. The Labute approximate surface area is 180 Å². The van der Waals surface area contributed by atoms with Gasteiger partial charge in [0.05, 0.1) is 24.4 Å². The minimum absolute atomic E-state index is 0.00274. The van der Waals surface area contributed by atoms with Gasteiger partial charge >= 0.3 is 0 Å². The summed E-state index contributed by atoms with van der Waals surface area (Å²) in [6.45, 7) is 0. The Morgan fingerprint density at radius 3 is 2.43 bits per heavy atom. The number of nitrogens with one attached hydrogen (secondary N) is 1. The zero-order valence-electron chi connectivity index (χ0n) is 14.8. The van der Waals surface area contributed by atoms with Gasteiger partial charge in [-0.05, 0) is 76.2 Å². The van der Waals surface area contributed by atoms with Crippen LogP contribution in [-0.2, 0) is 9.59 Å². The molecule has 1 fully saturated rings. The fraction of sp³-hybridized carbons (Fsp3) is 0.105. The second-order valence-electron chi connectivity index (χ2n) is 5.67. The van der Waals surface area contributed by atoms with Crippen molar-refractivity contribution in [2.45, 2.75) is 0 Å². The number of thiocarbonyl (C=S) groups is 1. The molecule has 1 aliphatic heterocycles. The topological polar surface area (TPSA) is 67.9 Å². The number of hydrogen-bond acceptors (Lipinski definition) is 5. The van der Waals surface area contributed by atoms with E-state index in [1.54, 1.807) is 36.4 Å². The SMILES string of the molecule is COc1cc(/C=C2\C(=O)NC(=S)N(c3ccc(Cl)cc3)C2=O)cc(Br)c1OC. The summed E-state index contributed by atoms with van der Waals surface area (Å²) >= 11 is 14.5. The molecule has 1 aliphatic rings. The van der Waals surface area contributed by atoms with Gasteiger partial charge in [-0.3, -0.25) is 19.8 Å². The summed E-state index contributed by atoms with van der Waals surface area (Å²) in [5.41, 5.74) is 1.01. The molecule has 0 bridgehead atoms. The smallest absolute Gasteiger partial charge is 0.270 e. The van der Waals surface area contributed by atoms with Crippen molar-refractivity contribution in [2.24, 2.45) is 0 Å². The van der Waals surface area contributed by atoms with Crippen LogP contribution in [-0.4, -0.2) is 31.1 Å². The lowest BCUT2D eigenvalue weighted by Crippen LogP contribution is -2.54. The zero-order valence-corrected chi connectivity index (χ0v) is 17.9. The Hall–Kier alpha value is -2.42. The van der Waals surface area contributed by atoms with E-state index >= 15 is 0 Å². The number of nitrogens with zero attached hydrogens (tertiary/aromatic N) is 1. The molecule has 0 aliphatic carbocycles. The minimum atomic E-state index is -0.578. The number of carbonyl (C=O) groups excluding carboxylic acids is 2. The van der Waals surface area contributed by atoms with Crippen LogP contribution in [0.4, 0.5) is 5.69 Å². The first-order valence-electron chi connectivity index (χ1n) is 7.94. The highest BCUT2D eigenvalue weighted by Crippen LogP contribution is 2.37. The van der Waals surface area contributed by atoms with E-state index in [1.165, 1.54) is 25.2 Å². The predicted octanol–water partition coefficient (Wildman–Crippen LogP) is 3.95. The minimum Gasteiger partial charge on any atom is -0.493 e. The highest BCUT2D eigenvalue weighted by atomic mass is 79.9. The van der Waals surface area contributed by atoms with E-state index in [0.717, 1.165) is 0 Å². The standard InChI is InChI=1S/C19H14BrClN2O4S/c1-26-15-9-10(8-14(20)16(15)27-2)7-13-17(24)22-19(28)23(18(13)25)12-5-3-11(21)4-6-12/h3-9H,1-2H3,(H,22,24,28)/b13-7+. The van der Waals surface area contributed by atoms with Gasteiger partial charge < -0.3 is 9.47 Å². The normalized spacial score (nSPS) is 15.6. The first kappa shape index (κ1) is 20.3. The summed E-state index contributed by atoms with van der Waals surface area (Å²) in [6.07, 6.45) is 1.47. The molecule has 0 aromatic heterocycles. The van der Waals surface area contributed by atoms with Crippen LogP contribution >= 0.6 is 39.7 Å². The number of anilines is 1. The van der Waals surface area contributed by atoms with E-state index in [0.29, 0.717) is 32.2 Å². The molecule has 28 heavy (non-hydrogen) atoms. The summed E-state index contributed by atoms with van der Waals surface area (Å²) < 4.78 is 11.2. The average Bonchev–Trinajstić information content (AvgIpc) is 2.66. The Kier molecular flexibility index (Phi) is 6.02. The third kappa shape index (κ3) is 3.89. The van der Waals surface area contributed by atoms with Gasteiger partial charge in [-0.25, -0.2) is 0 Å². The van der Waals surface area contributed by atoms with Crippen molar-refractivity contribution >= 4 is 68.4 Å². The zero-order chi connectivity index (χ0) is 20.4. The van der Waals surface area contributed by atoms with E-state index < -0.39 is 11.8 Å². The molecule has 1 N–H and O–H groups in total. The number of ether oxygens (including phenoxy) is 2. The first-order chi connectivity index (χ1) is 13.3. The van der Waals surface area contributed by atoms with Crippen LogP contribution in [0.25, 0.3) is 6.08 Å². The summed E-state index contributed by atoms with van der Waals surface area (Å²) in [6, 6.07) is 9.95. The molecule has 0 radical (unpaired) electrons. The van der Waals surface area contributed by atoms with Gasteiger partial charge in [0.2, 0.25) is 0 Å². The molecule has 6 nitrogen and oxygen atoms in total.